The lowest BCUT2D eigenvalue weighted by Crippen LogP contribution is -2.35. The zero-order valence-electron chi connectivity index (χ0n) is 3.20. The van der Waals surface area contributed by atoms with Crippen LogP contribution in [0.4, 0.5) is 4.79 Å². The van der Waals surface area contributed by atoms with Gasteiger partial charge in [-0.05, 0) is 0 Å². The van der Waals surface area contributed by atoms with Crippen LogP contribution in [0.25, 0.3) is 0 Å². The Kier molecular flexibility index (Phi) is 2.06. The third-order valence-electron chi connectivity index (χ3n) is 0.196. The third-order valence-corrected chi connectivity index (χ3v) is 0.196. The minimum atomic E-state index is -1.54. The highest BCUT2D eigenvalue weighted by Gasteiger charge is 1.94. The van der Waals surface area contributed by atoms with E-state index in [1.807, 2.05) is 0 Å². The van der Waals surface area contributed by atoms with Crippen molar-refractivity contribution in [2.45, 2.75) is 0 Å². The molecule has 0 fully saturated rings. The van der Waals surface area contributed by atoms with Crippen LogP contribution >= 0.6 is 0 Å². The van der Waals surface area contributed by atoms with Gasteiger partial charge in [0.1, 0.15) is 0 Å². The van der Waals surface area contributed by atoms with Crippen LogP contribution in [-0.2, 0) is 0 Å². The molecule has 0 bridgehead atoms. The predicted octanol–water partition coefficient (Wildman–Crippen LogP) is -0.751. The summed E-state index contributed by atoms with van der Waals surface area (Å²) < 4.78 is 0. The maximum Gasteiger partial charge on any atom is 0.423 e. The van der Waals surface area contributed by atoms with Crippen molar-refractivity contribution < 1.29 is 20.3 Å². The molecule has 0 atom stereocenters. The van der Waals surface area contributed by atoms with Crippen molar-refractivity contribution in [1.29, 1.82) is 0 Å². The lowest BCUT2D eigenvalue weighted by atomic mass is 11.3. The molecule has 7 heavy (non-hydrogen) atoms. The quantitative estimate of drug-likeness (QED) is 0.331. The van der Waals surface area contributed by atoms with Gasteiger partial charge in [0.05, 0.1) is 0 Å². The van der Waals surface area contributed by atoms with Crippen molar-refractivity contribution in [3.63, 3.8) is 0 Å². The SMILES string of the molecule is O=C(O)NN(O)O. The summed E-state index contributed by atoms with van der Waals surface area (Å²) in [6.07, 6.45) is -1.54. The summed E-state index contributed by atoms with van der Waals surface area (Å²) in [4.78, 5) is 9.34. The number of hydrogen-bond donors (Lipinski definition) is 4. The summed E-state index contributed by atoms with van der Waals surface area (Å²) in [6, 6.07) is 0. The van der Waals surface area contributed by atoms with Gasteiger partial charge >= 0.3 is 6.09 Å². The Morgan fingerprint density at radius 3 is 2.00 bits per heavy atom. The molecule has 6 heteroatoms. The lowest BCUT2D eigenvalue weighted by molar-refractivity contribution is -0.333. The Bertz CT molecular complexity index is 70.1. The minimum absolute atomic E-state index is 0.650. The third kappa shape index (κ3) is 5.15. The Labute approximate surface area is 38.5 Å². The van der Waals surface area contributed by atoms with Crippen LogP contribution in [0.15, 0.2) is 0 Å². The van der Waals surface area contributed by atoms with Gasteiger partial charge in [-0.15, -0.1) is 0 Å². The molecule has 42 valence electrons. The zero-order chi connectivity index (χ0) is 5.86. The second-order valence-electron chi connectivity index (χ2n) is 0.706. The van der Waals surface area contributed by atoms with E-state index in [1.165, 1.54) is 5.43 Å². The van der Waals surface area contributed by atoms with Crippen LogP contribution in [-0.4, -0.2) is 26.9 Å². The molecule has 0 aliphatic heterocycles. The number of carboxylic acid groups (broad SMARTS) is 1. The second-order valence-corrected chi connectivity index (χ2v) is 0.706. The second kappa shape index (κ2) is 2.35. The van der Waals surface area contributed by atoms with Crippen LogP contribution in [0, 0.1) is 0 Å². The molecule has 0 aliphatic rings. The number of amides is 1. The molecule has 0 unspecified atom stereocenters. The van der Waals surface area contributed by atoms with E-state index >= 15 is 0 Å². The summed E-state index contributed by atoms with van der Waals surface area (Å²) in [5.41, 5.74) is 1.17. The van der Waals surface area contributed by atoms with Crippen LogP contribution in [0.1, 0.15) is 0 Å². The van der Waals surface area contributed by atoms with E-state index in [9.17, 15) is 4.79 Å². The van der Waals surface area contributed by atoms with E-state index in [0.29, 0.717) is 0 Å². The molecule has 0 aliphatic carbocycles. The molecule has 0 aromatic heterocycles. The lowest BCUT2D eigenvalue weighted by Gasteiger charge is -2.00. The first-order chi connectivity index (χ1) is 3.13. The summed E-state index contributed by atoms with van der Waals surface area (Å²) in [5.74, 6) is 0. The molecule has 0 saturated heterocycles. The molecular weight excluding hydrogens is 104 g/mol. The molecule has 0 spiro atoms. The van der Waals surface area contributed by atoms with Crippen molar-refractivity contribution in [2.24, 2.45) is 0 Å². The van der Waals surface area contributed by atoms with Crippen molar-refractivity contribution in [3.05, 3.63) is 0 Å². The summed E-state index contributed by atoms with van der Waals surface area (Å²) >= 11 is 0. The first kappa shape index (κ1) is 6.15. The topological polar surface area (TPSA) is 93.0 Å². The van der Waals surface area contributed by atoms with E-state index in [-0.39, 0.29) is 0 Å². The average molecular weight is 108 g/mol. The van der Waals surface area contributed by atoms with E-state index in [0.717, 1.165) is 0 Å². The highest BCUT2D eigenvalue weighted by molar-refractivity contribution is 5.63. The van der Waals surface area contributed by atoms with Gasteiger partial charge in [-0.2, -0.15) is 0 Å². The maximum atomic E-state index is 9.34. The summed E-state index contributed by atoms with van der Waals surface area (Å²) in [5, 5.41) is 22.2. The first-order valence-corrected chi connectivity index (χ1v) is 1.30. The summed E-state index contributed by atoms with van der Waals surface area (Å²) in [7, 11) is 0. The number of carbonyl (C=O) groups is 1. The zero-order valence-corrected chi connectivity index (χ0v) is 3.20. The molecule has 4 N–H and O–H groups in total. The van der Waals surface area contributed by atoms with Gasteiger partial charge < -0.3 is 5.11 Å². The largest absolute Gasteiger partial charge is 0.464 e. The normalized spacial score (nSPS) is 9.00. The first-order valence-electron chi connectivity index (χ1n) is 1.30. The van der Waals surface area contributed by atoms with Gasteiger partial charge in [-0.1, -0.05) is 0 Å². The van der Waals surface area contributed by atoms with E-state index in [1.54, 1.807) is 0 Å². The molecule has 0 heterocycles. The number of nitrogens with one attached hydrogen (secondary N) is 1. The maximum absolute atomic E-state index is 9.34. The Morgan fingerprint density at radius 2 is 2.00 bits per heavy atom. The number of hydrazine groups is 1. The minimum Gasteiger partial charge on any atom is -0.464 e. The average Bonchev–Trinajstić information content (AvgIpc) is 1.27. The molecule has 6 nitrogen and oxygen atoms in total. The fourth-order valence-corrected chi connectivity index (χ4v) is 0.0855. The Morgan fingerprint density at radius 1 is 1.57 bits per heavy atom. The van der Waals surface area contributed by atoms with E-state index in [2.05, 4.69) is 0 Å². The van der Waals surface area contributed by atoms with Crippen LogP contribution in [0.5, 0.6) is 0 Å². The Balaban J connectivity index is 3.13. The van der Waals surface area contributed by atoms with Crippen molar-refractivity contribution in [3.8, 4) is 0 Å². The van der Waals surface area contributed by atoms with Crippen molar-refractivity contribution >= 4 is 6.09 Å². The molecule has 0 aromatic carbocycles. The number of hydrogen-bond acceptors (Lipinski definition) is 4. The van der Waals surface area contributed by atoms with E-state index in [4.69, 9.17) is 15.5 Å². The fourth-order valence-electron chi connectivity index (χ4n) is 0.0855. The molecule has 0 saturated carbocycles. The fraction of sp³-hybridized carbons (Fsp3) is 0. The van der Waals surface area contributed by atoms with Gasteiger partial charge in [0.15, 0.2) is 0 Å². The number of rotatable bonds is 1. The summed E-state index contributed by atoms with van der Waals surface area (Å²) in [6.45, 7) is 0. The number of nitrogens with zero attached hydrogens (tertiary/aromatic N) is 1. The highest BCUT2D eigenvalue weighted by atomic mass is 16.8. The molecule has 0 radical (unpaired) electrons. The van der Waals surface area contributed by atoms with Gasteiger partial charge in [-0.25, -0.2) is 10.2 Å². The van der Waals surface area contributed by atoms with Crippen LogP contribution < -0.4 is 5.43 Å². The Hall–Kier alpha value is -0.850. The molecular formula is CH4N2O4. The monoisotopic (exact) mass is 108 g/mol. The smallest absolute Gasteiger partial charge is 0.423 e. The van der Waals surface area contributed by atoms with Gasteiger partial charge in [0, 0.05) is 5.34 Å². The molecule has 1 amide bonds. The van der Waals surface area contributed by atoms with E-state index < -0.39 is 11.4 Å². The molecule has 0 rings (SSSR count). The predicted molar refractivity (Wildman–Crippen MR) is 16.6 cm³/mol. The van der Waals surface area contributed by atoms with Gasteiger partial charge in [-0.3, -0.25) is 10.4 Å². The highest BCUT2D eigenvalue weighted by Crippen LogP contribution is 1.60. The van der Waals surface area contributed by atoms with Gasteiger partial charge in [0.2, 0.25) is 0 Å². The standard InChI is InChI=1S/CH4N2O4/c4-1(5)2-3(6)7/h2,6-7H,(H,4,5). The van der Waals surface area contributed by atoms with Crippen molar-refractivity contribution in [1.82, 2.24) is 10.8 Å². The van der Waals surface area contributed by atoms with Crippen LogP contribution in [0.2, 0.25) is 0 Å². The van der Waals surface area contributed by atoms with Crippen molar-refractivity contribution in [2.75, 3.05) is 0 Å². The van der Waals surface area contributed by atoms with Crippen LogP contribution in [0.3, 0.4) is 0 Å². The molecule has 0 aromatic rings. The van der Waals surface area contributed by atoms with Gasteiger partial charge in [0.25, 0.3) is 0 Å².